The molecule has 0 aromatic carbocycles. The third kappa shape index (κ3) is 37.4. The molecule has 51 heavy (non-hydrogen) atoms. The monoisotopic (exact) mass is 745 g/mol. The Kier molecular flexibility index (Phi) is 38.4. The molecule has 5 N–H and O–H groups in total. The summed E-state index contributed by atoms with van der Waals surface area (Å²) in [6.45, 7) is 4.19. The van der Waals surface area contributed by atoms with Crippen molar-refractivity contribution in [3.8, 4) is 0 Å². The normalized spacial score (nSPS) is 14.2. The van der Waals surface area contributed by atoms with Crippen molar-refractivity contribution < 1.29 is 28.4 Å². The van der Waals surface area contributed by atoms with Crippen LogP contribution in [0.4, 0.5) is 0 Å². The molecule has 8 nitrogen and oxygen atoms in total. The van der Waals surface area contributed by atoms with E-state index in [4.69, 9.17) is 14.8 Å². The number of carbonyl (C=O) groups excluding carboxylic acids is 1. The first kappa shape index (κ1) is 50.2. The highest BCUT2D eigenvalue weighted by molar-refractivity contribution is 7.47. The molecule has 3 atom stereocenters. The summed E-state index contributed by atoms with van der Waals surface area (Å²) in [7, 11) is -4.31. The second kappa shape index (κ2) is 38.9. The maximum atomic E-state index is 12.7. The van der Waals surface area contributed by atoms with Gasteiger partial charge in [0.2, 0.25) is 5.91 Å². The van der Waals surface area contributed by atoms with Crippen molar-refractivity contribution in [2.75, 3.05) is 19.8 Å². The van der Waals surface area contributed by atoms with E-state index in [0.29, 0.717) is 12.8 Å². The number of aliphatic hydroxyl groups excluding tert-OH is 1. The quantitative estimate of drug-likeness (QED) is 0.0278. The van der Waals surface area contributed by atoms with Crippen molar-refractivity contribution >= 4 is 13.7 Å². The number of hydrogen-bond acceptors (Lipinski definition) is 6. The van der Waals surface area contributed by atoms with Gasteiger partial charge >= 0.3 is 7.82 Å². The van der Waals surface area contributed by atoms with Gasteiger partial charge in [-0.1, -0.05) is 187 Å². The van der Waals surface area contributed by atoms with Gasteiger partial charge in [-0.15, -0.1) is 0 Å². The highest BCUT2D eigenvalue weighted by atomic mass is 31.2. The molecule has 304 valence electrons. The van der Waals surface area contributed by atoms with Crippen molar-refractivity contribution in [2.24, 2.45) is 5.73 Å². The van der Waals surface area contributed by atoms with Crippen LogP contribution in [-0.4, -0.2) is 47.8 Å². The van der Waals surface area contributed by atoms with Gasteiger partial charge < -0.3 is 21.1 Å². The van der Waals surface area contributed by atoms with Gasteiger partial charge in [-0.05, 0) is 38.5 Å². The zero-order valence-electron chi connectivity index (χ0n) is 33.6. The van der Waals surface area contributed by atoms with E-state index in [2.05, 4.69) is 31.3 Å². The lowest BCUT2D eigenvalue weighted by atomic mass is 10.0. The number of nitrogens with two attached hydrogens (primary N) is 1. The van der Waals surface area contributed by atoms with Crippen molar-refractivity contribution in [1.82, 2.24) is 5.32 Å². The van der Waals surface area contributed by atoms with Crippen LogP contribution < -0.4 is 11.1 Å². The Morgan fingerprint density at radius 1 is 0.627 bits per heavy atom. The fourth-order valence-electron chi connectivity index (χ4n) is 6.54. The zero-order chi connectivity index (χ0) is 37.5. The number of phosphoric ester groups is 1. The van der Waals surface area contributed by atoms with Crippen LogP contribution in [0.15, 0.2) is 12.2 Å². The van der Waals surface area contributed by atoms with E-state index >= 15 is 0 Å². The Balaban J connectivity index is 4.10. The molecule has 0 aliphatic rings. The second-order valence-corrected chi connectivity index (χ2v) is 16.4. The molecule has 0 spiro atoms. The average molecular weight is 745 g/mol. The zero-order valence-corrected chi connectivity index (χ0v) is 34.5. The summed E-state index contributed by atoms with van der Waals surface area (Å²) in [6, 6.07) is -0.774. The molecule has 0 saturated heterocycles. The SMILES string of the molecule is CCCCC/C=C\CCCCCCCC(=O)NC(COP(=O)(O)OCCN)C(O)CCCCCCCCCCCCCCCCCCCCCC. The fourth-order valence-corrected chi connectivity index (χ4v) is 7.30. The average Bonchev–Trinajstić information content (AvgIpc) is 3.12. The molecule has 3 unspecified atom stereocenters. The maximum absolute atomic E-state index is 12.7. The molecule has 0 saturated carbocycles. The fraction of sp³-hybridized carbons (Fsp3) is 0.929. The molecule has 0 radical (unpaired) electrons. The smallest absolute Gasteiger partial charge is 0.391 e. The number of hydrogen-bond donors (Lipinski definition) is 4. The largest absolute Gasteiger partial charge is 0.472 e. The van der Waals surface area contributed by atoms with Crippen LogP contribution in [-0.2, 0) is 18.4 Å². The number of unbranched alkanes of at least 4 members (excludes halogenated alkanes) is 27. The molecule has 0 heterocycles. The van der Waals surface area contributed by atoms with E-state index in [1.54, 1.807) is 0 Å². The van der Waals surface area contributed by atoms with Gasteiger partial charge in [0.1, 0.15) is 0 Å². The molecule has 0 fully saturated rings. The molecule has 0 bridgehead atoms. The molecule has 0 aliphatic heterocycles. The first-order valence-corrected chi connectivity index (χ1v) is 23.3. The minimum absolute atomic E-state index is 0.0892. The van der Waals surface area contributed by atoms with Crippen molar-refractivity contribution in [2.45, 2.75) is 231 Å². The van der Waals surface area contributed by atoms with Gasteiger partial charge in [0.15, 0.2) is 0 Å². The first-order chi connectivity index (χ1) is 24.9. The van der Waals surface area contributed by atoms with Gasteiger partial charge in [0.25, 0.3) is 0 Å². The second-order valence-electron chi connectivity index (χ2n) is 14.9. The summed E-state index contributed by atoms with van der Waals surface area (Å²) in [6.07, 6.45) is 42.2. The third-order valence-electron chi connectivity index (χ3n) is 9.87. The van der Waals surface area contributed by atoms with E-state index in [1.165, 1.54) is 141 Å². The molecule has 0 aromatic heterocycles. The van der Waals surface area contributed by atoms with Gasteiger partial charge in [0, 0.05) is 13.0 Å². The topological polar surface area (TPSA) is 131 Å². The first-order valence-electron chi connectivity index (χ1n) is 21.8. The lowest BCUT2D eigenvalue weighted by Crippen LogP contribution is -2.46. The minimum Gasteiger partial charge on any atom is -0.391 e. The van der Waals surface area contributed by atoms with Gasteiger partial charge in [-0.25, -0.2) is 4.57 Å². The highest BCUT2D eigenvalue weighted by Crippen LogP contribution is 2.43. The number of amides is 1. The molecule has 0 aliphatic carbocycles. The number of allylic oxidation sites excluding steroid dienone is 2. The van der Waals surface area contributed by atoms with E-state index in [1.807, 2.05) is 0 Å². The molecule has 0 rings (SSSR count). The summed E-state index contributed by atoms with van der Waals surface area (Å²) < 4.78 is 22.2. The minimum atomic E-state index is -4.31. The van der Waals surface area contributed by atoms with Crippen molar-refractivity contribution in [3.63, 3.8) is 0 Å². The molecular weight excluding hydrogens is 659 g/mol. The van der Waals surface area contributed by atoms with Crippen LogP contribution in [0.25, 0.3) is 0 Å². The Labute approximate surface area is 315 Å². The summed E-state index contributed by atoms with van der Waals surface area (Å²) >= 11 is 0. The van der Waals surface area contributed by atoms with Crippen LogP contribution in [0.2, 0.25) is 0 Å². The maximum Gasteiger partial charge on any atom is 0.472 e. The van der Waals surface area contributed by atoms with Crippen LogP contribution in [0.3, 0.4) is 0 Å². The molecule has 0 aromatic rings. The van der Waals surface area contributed by atoms with E-state index in [0.717, 1.165) is 51.4 Å². The van der Waals surface area contributed by atoms with Gasteiger partial charge in [-0.3, -0.25) is 13.8 Å². The summed E-state index contributed by atoms with van der Waals surface area (Å²) in [4.78, 5) is 22.7. The Morgan fingerprint density at radius 3 is 1.49 bits per heavy atom. The molecule has 9 heteroatoms. The van der Waals surface area contributed by atoms with E-state index in [-0.39, 0.29) is 25.7 Å². The standard InChI is InChI=1S/C42H85N2O6P/c1-3-5-7-9-11-13-15-17-18-19-20-21-22-23-24-25-27-29-31-33-35-41(45)40(39-50-51(47,48)49-38-37-43)44-42(46)36-34-32-30-28-26-16-14-12-10-8-6-4-2/h12,14,40-41,45H,3-11,13,15-39,43H2,1-2H3,(H,44,46)(H,47,48)/b14-12-. The van der Waals surface area contributed by atoms with Crippen LogP contribution in [0.5, 0.6) is 0 Å². The number of phosphoric acid groups is 1. The van der Waals surface area contributed by atoms with Crippen LogP contribution in [0.1, 0.15) is 219 Å². The van der Waals surface area contributed by atoms with Gasteiger partial charge in [0.05, 0.1) is 25.4 Å². The Hall–Kier alpha value is -0.760. The summed E-state index contributed by atoms with van der Waals surface area (Å²) in [5, 5.41) is 13.8. The Bertz CT molecular complexity index is 814. The highest BCUT2D eigenvalue weighted by Gasteiger charge is 2.27. The summed E-state index contributed by atoms with van der Waals surface area (Å²) in [5.41, 5.74) is 5.37. The van der Waals surface area contributed by atoms with Crippen molar-refractivity contribution in [1.29, 1.82) is 0 Å². The number of rotatable bonds is 41. The lowest BCUT2D eigenvalue weighted by Gasteiger charge is -2.25. The molecular formula is C42H85N2O6P. The Morgan fingerprint density at radius 2 is 1.02 bits per heavy atom. The predicted octanol–water partition coefficient (Wildman–Crippen LogP) is 12.0. The third-order valence-corrected chi connectivity index (χ3v) is 10.9. The lowest BCUT2D eigenvalue weighted by molar-refractivity contribution is -0.123. The predicted molar refractivity (Wildman–Crippen MR) is 217 cm³/mol. The molecule has 1 amide bonds. The number of carbonyl (C=O) groups is 1. The summed E-state index contributed by atoms with van der Waals surface area (Å²) in [5.74, 6) is -0.170. The van der Waals surface area contributed by atoms with Crippen molar-refractivity contribution in [3.05, 3.63) is 12.2 Å². The number of aliphatic hydroxyl groups is 1. The number of nitrogens with one attached hydrogen (secondary N) is 1. The van der Waals surface area contributed by atoms with Gasteiger partial charge in [-0.2, -0.15) is 0 Å². The van der Waals surface area contributed by atoms with E-state index in [9.17, 15) is 19.4 Å². The van der Waals surface area contributed by atoms with E-state index < -0.39 is 20.0 Å². The van der Waals surface area contributed by atoms with Crippen LogP contribution in [0, 0.1) is 0 Å². The van der Waals surface area contributed by atoms with Crippen LogP contribution >= 0.6 is 7.82 Å².